The second kappa shape index (κ2) is 8.49. The van der Waals surface area contributed by atoms with Gasteiger partial charge in [0.05, 0.1) is 18.9 Å². The van der Waals surface area contributed by atoms with Crippen molar-refractivity contribution in [1.29, 1.82) is 0 Å². The summed E-state index contributed by atoms with van der Waals surface area (Å²) in [6.45, 7) is 1.63. The molecule has 1 amide bonds. The molecule has 0 bridgehead atoms. The van der Waals surface area contributed by atoms with Crippen LogP contribution in [0.15, 0.2) is 34.1 Å². The van der Waals surface area contributed by atoms with Gasteiger partial charge < -0.3 is 10.4 Å². The molecule has 0 radical (unpaired) electrons. The molecule has 3 rings (SSSR count). The lowest BCUT2D eigenvalue weighted by molar-refractivity contribution is -0.113. The van der Waals surface area contributed by atoms with E-state index in [0.29, 0.717) is 16.3 Å². The fourth-order valence-corrected chi connectivity index (χ4v) is 4.03. The van der Waals surface area contributed by atoms with E-state index in [1.54, 1.807) is 24.3 Å². The van der Waals surface area contributed by atoms with Crippen LogP contribution in [0, 0.1) is 0 Å². The number of nitrogens with zero attached hydrogens (tertiary/aromatic N) is 2. The summed E-state index contributed by atoms with van der Waals surface area (Å²) in [5.41, 5.74) is 2.75. The fraction of sp³-hybridized carbons (Fsp3) is 0.368. The Balaban J connectivity index is 1.67. The molecule has 1 aromatic heterocycles. The van der Waals surface area contributed by atoms with Crippen LogP contribution < -0.4 is 11.0 Å². The zero-order valence-corrected chi connectivity index (χ0v) is 15.8. The van der Waals surface area contributed by atoms with Gasteiger partial charge in [-0.15, -0.1) is 0 Å². The van der Waals surface area contributed by atoms with E-state index in [0.717, 1.165) is 30.5 Å². The molecule has 27 heavy (non-hydrogen) atoms. The summed E-state index contributed by atoms with van der Waals surface area (Å²) in [4.78, 5) is 39.8. The number of thioether (sulfide) groups is 1. The van der Waals surface area contributed by atoms with E-state index < -0.39 is 0 Å². The Morgan fingerprint density at radius 3 is 2.67 bits per heavy atom. The molecule has 7 nitrogen and oxygen atoms in total. The molecular formula is C19H21N3O4S. The highest BCUT2D eigenvalue weighted by molar-refractivity contribution is 8.00. The zero-order chi connectivity index (χ0) is 19.4. The van der Waals surface area contributed by atoms with E-state index in [4.69, 9.17) is 5.11 Å². The molecule has 0 atom stereocenters. The van der Waals surface area contributed by atoms with Crippen molar-refractivity contribution in [3.63, 3.8) is 0 Å². The quantitative estimate of drug-likeness (QED) is 0.426. The van der Waals surface area contributed by atoms with Gasteiger partial charge in [-0.1, -0.05) is 11.8 Å². The highest BCUT2D eigenvalue weighted by atomic mass is 32.2. The van der Waals surface area contributed by atoms with Gasteiger partial charge in [0.1, 0.15) is 5.03 Å². The second-order valence-electron chi connectivity index (χ2n) is 6.32. The number of ketones is 1. The molecule has 0 unspecified atom stereocenters. The summed E-state index contributed by atoms with van der Waals surface area (Å²) in [6.07, 6.45) is 2.55. The molecule has 0 aliphatic heterocycles. The van der Waals surface area contributed by atoms with Crippen LogP contribution in [0.1, 0.15) is 35.0 Å². The van der Waals surface area contributed by atoms with Crippen molar-refractivity contribution < 1.29 is 14.7 Å². The maximum atomic E-state index is 12.2. The number of benzene rings is 1. The van der Waals surface area contributed by atoms with Gasteiger partial charge in [0, 0.05) is 22.5 Å². The zero-order valence-electron chi connectivity index (χ0n) is 15.0. The summed E-state index contributed by atoms with van der Waals surface area (Å²) in [7, 11) is 0. The van der Waals surface area contributed by atoms with Crippen molar-refractivity contribution in [1.82, 2.24) is 9.55 Å². The number of Topliss-reactive ketones (excluding diaryl/α,β-unsaturated/α-hetero) is 1. The van der Waals surface area contributed by atoms with Crippen molar-refractivity contribution in [2.45, 2.75) is 37.8 Å². The van der Waals surface area contributed by atoms with Gasteiger partial charge in [-0.05, 0) is 50.5 Å². The summed E-state index contributed by atoms with van der Waals surface area (Å²) in [5.74, 6) is -0.0971. The average molecular weight is 387 g/mol. The van der Waals surface area contributed by atoms with E-state index >= 15 is 0 Å². The van der Waals surface area contributed by atoms with Gasteiger partial charge in [0.15, 0.2) is 5.78 Å². The molecule has 0 saturated carbocycles. The molecule has 0 saturated heterocycles. The molecule has 0 fully saturated rings. The Morgan fingerprint density at radius 1 is 1.26 bits per heavy atom. The molecule has 1 aromatic carbocycles. The standard InChI is InChI=1S/C19H21N3O4S/c1-12(24)13-5-7-14(8-6-13)20-17(25)11-27-18-15-3-2-4-16(15)22(9-10-23)19(26)21-18/h5-8,23H,2-4,9-11H2,1H3,(H,20,25). The van der Waals surface area contributed by atoms with Crippen LogP contribution in [-0.2, 0) is 24.2 Å². The maximum absolute atomic E-state index is 12.2. The second-order valence-corrected chi connectivity index (χ2v) is 7.29. The van der Waals surface area contributed by atoms with Crippen LogP contribution in [0.25, 0.3) is 0 Å². The molecule has 0 spiro atoms. The normalized spacial score (nSPS) is 12.7. The number of carbonyl (C=O) groups is 2. The monoisotopic (exact) mass is 387 g/mol. The van der Waals surface area contributed by atoms with Gasteiger partial charge >= 0.3 is 5.69 Å². The van der Waals surface area contributed by atoms with Crippen LogP contribution in [0.3, 0.4) is 0 Å². The fourth-order valence-electron chi connectivity index (χ4n) is 3.16. The van der Waals surface area contributed by atoms with Gasteiger partial charge in [-0.3, -0.25) is 14.2 Å². The number of aliphatic hydroxyl groups is 1. The SMILES string of the molecule is CC(=O)c1ccc(NC(=O)CSc2nc(=O)n(CCO)c3c2CCC3)cc1. The van der Waals surface area contributed by atoms with E-state index in [2.05, 4.69) is 10.3 Å². The molecule has 2 N–H and O–H groups in total. The number of hydrogen-bond acceptors (Lipinski definition) is 6. The largest absolute Gasteiger partial charge is 0.395 e. The molecule has 1 aliphatic rings. The van der Waals surface area contributed by atoms with Gasteiger partial charge in [-0.25, -0.2) is 4.79 Å². The number of rotatable bonds is 7. The first-order valence-electron chi connectivity index (χ1n) is 8.76. The number of hydrogen-bond donors (Lipinski definition) is 2. The van der Waals surface area contributed by atoms with Crippen LogP contribution >= 0.6 is 11.8 Å². The van der Waals surface area contributed by atoms with E-state index in [9.17, 15) is 14.4 Å². The lowest BCUT2D eigenvalue weighted by atomic mass is 10.1. The summed E-state index contributed by atoms with van der Waals surface area (Å²) >= 11 is 1.25. The maximum Gasteiger partial charge on any atom is 0.348 e. The van der Waals surface area contributed by atoms with Gasteiger partial charge in [0.25, 0.3) is 0 Å². The van der Waals surface area contributed by atoms with Crippen molar-refractivity contribution in [3.05, 3.63) is 51.6 Å². The van der Waals surface area contributed by atoms with E-state index in [1.807, 2.05) is 0 Å². The van der Waals surface area contributed by atoms with Gasteiger partial charge in [0.2, 0.25) is 5.91 Å². The highest BCUT2D eigenvalue weighted by Crippen LogP contribution is 2.29. The smallest absolute Gasteiger partial charge is 0.348 e. The molecule has 142 valence electrons. The summed E-state index contributed by atoms with van der Waals surface area (Å²) < 4.78 is 1.53. The first kappa shape index (κ1) is 19.3. The molecule has 2 aromatic rings. The third kappa shape index (κ3) is 4.45. The van der Waals surface area contributed by atoms with Crippen LogP contribution in [0.4, 0.5) is 5.69 Å². The predicted octanol–water partition coefficient (Wildman–Crippen LogP) is 1.66. The van der Waals surface area contributed by atoms with Crippen molar-refractivity contribution in [2.75, 3.05) is 17.7 Å². The minimum absolute atomic E-state index is 0.0284. The van der Waals surface area contributed by atoms with E-state index in [1.165, 1.54) is 23.3 Å². The molecular weight excluding hydrogens is 366 g/mol. The Labute approximate surface area is 160 Å². The first-order valence-corrected chi connectivity index (χ1v) is 9.75. The molecule has 8 heteroatoms. The topological polar surface area (TPSA) is 101 Å². The Morgan fingerprint density at radius 2 is 2.00 bits per heavy atom. The average Bonchev–Trinajstić information content (AvgIpc) is 3.13. The van der Waals surface area contributed by atoms with Crippen molar-refractivity contribution in [2.24, 2.45) is 0 Å². The van der Waals surface area contributed by atoms with Crippen LogP contribution in [0.5, 0.6) is 0 Å². The summed E-state index contributed by atoms with van der Waals surface area (Å²) in [6, 6.07) is 6.71. The number of amides is 1. The predicted molar refractivity (Wildman–Crippen MR) is 103 cm³/mol. The van der Waals surface area contributed by atoms with Gasteiger partial charge in [-0.2, -0.15) is 4.98 Å². The lowest BCUT2D eigenvalue weighted by Crippen LogP contribution is -2.28. The van der Waals surface area contributed by atoms with Crippen LogP contribution in [-0.4, -0.2) is 38.7 Å². The number of fused-ring (bicyclic) bond motifs is 1. The third-order valence-electron chi connectivity index (χ3n) is 4.44. The summed E-state index contributed by atoms with van der Waals surface area (Å²) in [5, 5.41) is 12.5. The third-order valence-corrected chi connectivity index (χ3v) is 5.46. The minimum atomic E-state index is -0.382. The first-order chi connectivity index (χ1) is 13.0. The number of nitrogens with one attached hydrogen (secondary N) is 1. The lowest BCUT2D eigenvalue weighted by Gasteiger charge is -2.13. The number of carbonyl (C=O) groups excluding carboxylic acids is 2. The number of aromatic nitrogens is 2. The Kier molecular flexibility index (Phi) is 6.08. The van der Waals surface area contributed by atoms with E-state index in [-0.39, 0.29) is 36.3 Å². The molecule has 1 aliphatic carbocycles. The highest BCUT2D eigenvalue weighted by Gasteiger charge is 2.22. The Bertz CT molecular complexity index is 922. The minimum Gasteiger partial charge on any atom is -0.395 e. The van der Waals surface area contributed by atoms with Crippen LogP contribution in [0.2, 0.25) is 0 Å². The van der Waals surface area contributed by atoms with Crippen molar-refractivity contribution >= 4 is 29.1 Å². The van der Waals surface area contributed by atoms with Crippen molar-refractivity contribution in [3.8, 4) is 0 Å². The number of aliphatic hydroxyl groups excluding tert-OH is 1. The molecule has 1 heterocycles. The Hall–Kier alpha value is -2.45. The number of anilines is 1.